The van der Waals surface area contributed by atoms with Crippen LogP contribution in [0, 0.1) is 5.82 Å². The van der Waals surface area contributed by atoms with Gasteiger partial charge in [-0.05, 0) is 46.6 Å². The van der Waals surface area contributed by atoms with Gasteiger partial charge in [0.25, 0.3) is 0 Å². The lowest BCUT2D eigenvalue weighted by Crippen LogP contribution is -2.24. The highest BCUT2D eigenvalue weighted by atomic mass is 79.9. The van der Waals surface area contributed by atoms with E-state index in [2.05, 4.69) is 44.1 Å². The molecule has 0 fully saturated rings. The minimum atomic E-state index is -0.393. The van der Waals surface area contributed by atoms with E-state index in [4.69, 9.17) is 11.6 Å². The van der Waals surface area contributed by atoms with Crippen LogP contribution in [0.4, 0.5) is 4.39 Å². The van der Waals surface area contributed by atoms with Gasteiger partial charge in [-0.15, -0.1) is 0 Å². The summed E-state index contributed by atoms with van der Waals surface area (Å²) >= 11 is 12.8. The van der Waals surface area contributed by atoms with E-state index in [1.807, 2.05) is 24.3 Å². The fraction of sp³-hybridized carbons (Fsp3) is 0.250. The van der Waals surface area contributed by atoms with Crippen LogP contribution in [0.3, 0.4) is 0 Å². The largest absolute Gasteiger partial charge is 0.306 e. The molecule has 0 heterocycles. The van der Waals surface area contributed by atoms with Crippen molar-refractivity contribution in [3.05, 3.63) is 67.3 Å². The molecule has 0 aliphatic rings. The SMILES string of the molecule is CCCNC(c1ccccc1Br)c1ccc(Br)c(Cl)c1F. The van der Waals surface area contributed by atoms with Crippen molar-refractivity contribution in [2.24, 2.45) is 0 Å². The monoisotopic (exact) mass is 433 g/mol. The van der Waals surface area contributed by atoms with Crippen LogP contribution >= 0.6 is 43.5 Å². The van der Waals surface area contributed by atoms with E-state index >= 15 is 0 Å². The molecule has 0 saturated heterocycles. The lowest BCUT2D eigenvalue weighted by molar-refractivity contribution is 0.545. The van der Waals surface area contributed by atoms with E-state index in [1.165, 1.54) is 0 Å². The molecule has 1 unspecified atom stereocenters. The molecule has 0 aliphatic heterocycles. The summed E-state index contributed by atoms with van der Waals surface area (Å²) in [6.07, 6.45) is 0.965. The molecule has 1 nitrogen and oxygen atoms in total. The van der Waals surface area contributed by atoms with E-state index in [-0.39, 0.29) is 11.1 Å². The average molecular weight is 436 g/mol. The molecule has 2 rings (SSSR count). The molecule has 5 heteroatoms. The number of halogens is 4. The van der Waals surface area contributed by atoms with Crippen LogP contribution in [0.2, 0.25) is 5.02 Å². The molecule has 0 aliphatic carbocycles. The highest BCUT2D eigenvalue weighted by molar-refractivity contribution is 9.10. The van der Waals surface area contributed by atoms with Gasteiger partial charge in [0.2, 0.25) is 0 Å². The Kier molecular flexibility index (Phi) is 6.23. The molecule has 112 valence electrons. The normalized spacial score (nSPS) is 12.4. The van der Waals surface area contributed by atoms with Crippen LogP contribution in [-0.2, 0) is 0 Å². The maximum Gasteiger partial charge on any atom is 0.148 e. The fourth-order valence-electron chi connectivity index (χ4n) is 2.15. The molecule has 0 saturated carbocycles. The Morgan fingerprint density at radius 1 is 1.10 bits per heavy atom. The summed E-state index contributed by atoms with van der Waals surface area (Å²) in [5.74, 6) is -0.393. The summed E-state index contributed by atoms with van der Waals surface area (Å²) in [6, 6.07) is 11.1. The smallest absolute Gasteiger partial charge is 0.148 e. The van der Waals surface area contributed by atoms with Crippen LogP contribution in [0.15, 0.2) is 45.3 Å². The number of benzene rings is 2. The molecule has 1 atom stereocenters. The van der Waals surface area contributed by atoms with Crippen molar-refractivity contribution in [1.82, 2.24) is 5.32 Å². The predicted molar refractivity (Wildman–Crippen MR) is 93.4 cm³/mol. The first-order valence-corrected chi connectivity index (χ1v) is 8.63. The molecular weight excluding hydrogens is 420 g/mol. The molecule has 2 aromatic carbocycles. The van der Waals surface area contributed by atoms with Crippen LogP contribution < -0.4 is 5.32 Å². The summed E-state index contributed by atoms with van der Waals surface area (Å²) in [6.45, 7) is 2.87. The average Bonchev–Trinajstić information content (AvgIpc) is 2.48. The van der Waals surface area contributed by atoms with Gasteiger partial charge in [0.1, 0.15) is 5.82 Å². The second-order valence-electron chi connectivity index (χ2n) is 4.67. The lowest BCUT2D eigenvalue weighted by Gasteiger charge is -2.22. The zero-order valence-corrected chi connectivity index (χ0v) is 15.4. The molecule has 0 bridgehead atoms. The summed E-state index contributed by atoms with van der Waals surface area (Å²) in [7, 11) is 0. The van der Waals surface area contributed by atoms with Gasteiger partial charge in [-0.1, -0.05) is 58.7 Å². The van der Waals surface area contributed by atoms with Crippen molar-refractivity contribution in [2.45, 2.75) is 19.4 Å². The quantitative estimate of drug-likeness (QED) is 0.560. The molecular formula is C16H15Br2ClFN. The van der Waals surface area contributed by atoms with E-state index in [0.717, 1.165) is 23.0 Å². The third-order valence-corrected chi connectivity index (χ3v) is 5.17. The van der Waals surface area contributed by atoms with E-state index in [1.54, 1.807) is 12.1 Å². The predicted octanol–water partition coefficient (Wildman–Crippen LogP) is 6.09. The maximum absolute atomic E-state index is 14.5. The minimum Gasteiger partial charge on any atom is -0.306 e. The molecule has 2 aromatic rings. The van der Waals surface area contributed by atoms with Crippen molar-refractivity contribution in [2.75, 3.05) is 6.54 Å². The number of hydrogen-bond donors (Lipinski definition) is 1. The second kappa shape index (κ2) is 7.73. The Labute approximate surface area is 146 Å². The number of nitrogens with one attached hydrogen (secondary N) is 1. The van der Waals surface area contributed by atoms with Gasteiger partial charge < -0.3 is 5.32 Å². The molecule has 0 spiro atoms. The van der Waals surface area contributed by atoms with Crippen molar-refractivity contribution in [3.63, 3.8) is 0 Å². The van der Waals surface area contributed by atoms with Gasteiger partial charge in [-0.25, -0.2) is 4.39 Å². The Hall–Kier alpha value is -0.420. The molecule has 21 heavy (non-hydrogen) atoms. The van der Waals surface area contributed by atoms with Crippen molar-refractivity contribution < 1.29 is 4.39 Å². The first-order valence-electron chi connectivity index (χ1n) is 6.67. The molecule has 1 N–H and O–H groups in total. The van der Waals surface area contributed by atoms with Crippen molar-refractivity contribution >= 4 is 43.5 Å². The summed E-state index contributed by atoms with van der Waals surface area (Å²) < 4.78 is 16.0. The van der Waals surface area contributed by atoms with Gasteiger partial charge in [0.05, 0.1) is 11.1 Å². The van der Waals surface area contributed by atoms with Gasteiger partial charge in [-0.3, -0.25) is 0 Å². The zero-order valence-electron chi connectivity index (χ0n) is 11.5. The number of hydrogen-bond acceptors (Lipinski definition) is 1. The molecule has 0 amide bonds. The van der Waals surface area contributed by atoms with Crippen molar-refractivity contribution in [1.29, 1.82) is 0 Å². The van der Waals surface area contributed by atoms with Crippen LogP contribution in [0.25, 0.3) is 0 Å². The Morgan fingerprint density at radius 3 is 2.48 bits per heavy atom. The Bertz CT molecular complexity index is 634. The van der Waals surface area contributed by atoms with Crippen LogP contribution in [0.1, 0.15) is 30.5 Å². The first-order chi connectivity index (χ1) is 10.1. The molecule has 0 radical (unpaired) electrons. The van der Waals surface area contributed by atoms with Gasteiger partial charge in [-0.2, -0.15) is 0 Å². The third kappa shape index (κ3) is 3.86. The van der Waals surface area contributed by atoms with Gasteiger partial charge in [0, 0.05) is 14.5 Å². The second-order valence-corrected chi connectivity index (χ2v) is 6.76. The summed E-state index contributed by atoms with van der Waals surface area (Å²) in [5, 5.41) is 3.50. The van der Waals surface area contributed by atoms with Crippen LogP contribution in [-0.4, -0.2) is 6.54 Å². The van der Waals surface area contributed by atoms with E-state index < -0.39 is 5.82 Å². The number of rotatable bonds is 5. The van der Waals surface area contributed by atoms with E-state index in [0.29, 0.717) is 10.0 Å². The standard InChI is InChI=1S/C16H15Br2ClFN/c1-2-9-21-16(10-5-3-4-6-12(10)17)11-7-8-13(18)14(19)15(11)20/h3-8,16,21H,2,9H2,1H3. The highest BCUT2D eigenvalue weighted by Crippen LogP contribution is 2.35. The Balaban J connectivity index is 2.51. The zero-order chi connectivity index (χ0) is 15.4. The molecule has 0 aromatic heterocycles. The maximum atomic E-state index is 14.5. The van der Waals surface area contributed by atoms with Gasteiger partial charge >= 0.3 is 0 Å². The van der Waals surface area contributed by atoms with E-state index in [9.17, 15) is 4.39 Å². The lowest BCUT2D eigenvalue weighted by atomic mass is 9.98. The summed E-state index contributed by atoms with van der Waals surface area (Å²) in [5.41, 5.74) is 1.53. The first kappa shape index (κ1) is 16.9. The summed E-state index contributed by atoms with van der Waals surface area (Å²) in [4.78, 5) is 0. The third-order valence-electron chi connectivity index (χ3n) is 3.19. The van der Waals surface area contributed by atoms with Crippen molar-refractivity contribution in [3.8, 4) is 0 Å². The minimum absolute atomic E-state index is 0.114. The Morgan fingerprint density at radius 2 is 1.81 bits per heavy atom. The highest BCUT2D eigenvalue weighted by Gasteiger charge is 2.21. The topological polar surface area (TPSA) is 12.0 Å². The van der Waals surface area contributed by atoms with Gasteiger partial charge in [0.15, 0.2) is 0 Å². The van der Waals surface area contributed by atoms with Crippen LogP contribution in [0.5, 0.6) is 0 Å². The fourth-order valence-corrected chi connectivity index (χ4v) is 3.14.